The lowest BCUT2D eigenvalue weighted by Gasteiger charge is -2.26. The highest BCUT2D eigenvalue weighted by atomic mass is 16.5. The second-order valence-electron chi connectivity index (χ2n) is 10.0. The molecule has 0 spiro atoms. The fourth-order valence-corrected chi connectivity index (χ4v) is 4.78. The Labute approximate surface area is 255 Å². The van der Waals surface area contributed by atoms with E-state index in [1.807, 2.05) is 72.8 Å². The number of carbonyl (C=O) groups is 2. The number of rotatable bonds is 12. The SMILES string of the molecule is C=C(COC(=O)c1nn(-c2ccc(N(Cc3ccc(OC)cc3)Cc3ccc(OC)cc3)cc2)c2ccccc12)C(=O)OC. The van der Waals surface area contributed by atoms with Gasteiger partial charge in [-0.25, -0.2) is 14.3 Å². The zero-order valence-electron chi connectivity index (χ0n) is 24.9. The number of benzene rings is 4. The van der Waals surface area contributed by atoms with Crippen molar-refractivity contribution < 1.29 is 28.5 Å². The van der Waals surface area contributed by atoms with Gasteiger partial charge in [0.25, 0.3) is 0 Å². The quantitative estimate of drug-likeness (QED) is 0.126. The first kappa shape index (κ1) is 29.9. The third-order valence-corrected chi connectivity index (χ3v) is 7.16. The van der Waals surface area contributed by atoms with Crippen LogP contribution in [-0.2, 0) is 27.4 Å². The maximum Gasteiger partial charge on any atom is 0.359 e. The third-order valence-electron chi connectivity index (χ3n) is 7.16. The van der Waals surface area contributed by atoms with Crippen molar-refractivity contribution >= 4 is 28.5 Å². The molecule has 0 N–H and O–H groups in total. The first-order valence-electron chi connectivity index (χ1n) is 13.9. The number of carbonyl (C=O) groups excluding carboxylic acids is 2. The Morgan fingerprint density at radius 2 is 1.34 bits per heavy atom. The highest BCUT2D eigenvalue weighted by Crippen LogP contribution is 2.27. The molecular formula is C35H33N3O6. The number of aromatic nitrogens is 2. The number of hydrogen-bond acceptors (Lipinski definition) is 8. The molecule has 1 heterocycles. The maximum atomic E-state index is 13.0. The number of nitrogens with zero attached hydrogens (tertiary/aromatic N) is 3. The van der Waals surface area contributed by atoms with Crippen LogP contribution in [0.1, 0.15) is 21.6 Å². The van der Waals surface area contributed by atoms with Gasteiger partial charge in [0.1, 0.15) is 18.1 Å². The van der Waals surface area contributed by atoms with Crippen molar-refractivity contribution in [3.05, 3.63) is 126 Å². The van der Waals surface area contributed by atoms with Gasteiger partial charge in [0.2, 0.25) is 0 Å². The van der Waals surface area contributed by atoms with Gasteiger partial charge in [0.15, 0.2) is 5.69 Å². The Kier molecular flexibility index (Phi) is 9.25. The van der Waals surface area contributed by atoms with Gasteiger partial charge in [-0.3, -0.25) is 0 Å². The van der Waals surface area contributed by atoms with Crippen molar-refractivity contribution in [1.29, 1.82) is 0 Å². The van der Waals surface area contributed by atoms with E-state index in [1.165, 1.54) is 7.11 Å². The van der Waals surface area contributed by atoms with E-state index < -0.39 is 11.9 Å². The van der Waals surface area contributed by atoms with E-state index in [1.54, 1.807) is 18.9 Å². The molecule has 4 aromatic carbocycles. The summed E-state index contributed by atoms with van der Waals surface area (Å²) >= 11 is 0. The van der Waals surface area contributed by atoms with Crippen LogP contribution in [0.5, 0.6) is 11.5 Å². The Morgan fingerprint density at radius 1 is 0.773 bits per heavy atom. The van der Waals surface area contributed by atoms with Crippen LogP contribution < -0.4 is 14.4 Å². The summed E-state index contributed by atoms with van der Waals surface area (Å²) in [6.45, 7) is 4.66. The lowest BCUT2D eigenvalue weighted by atomic mass is 10.1. The lowest BCUT2D eigenvalue weighted by Crippen LogP contribution is -2.22. The fraction of sp³-hybridized carbons (Fsp3) is 0.171. The minimum atomic E-state index is -0.660. The molecule has 0 saturated heterocycles. The topological polar surface area (TPSA) is 92.1 Å². The normalized spacial score (nSPS) is 10.7. The average Bonchev–Trinajstić information content (AvgIpc) is 3.47. The fourth-order valence-electron chi connectivity index (χ4n) is 4.78. The molecule has 0 radical (unpaired) electrons. The molecule has 0 bridgehead atoms. The van der Waals surface area contributed by atoms with Gasteiger partial charge in [-0.2, -0.15) is 5.10 Å². The van der Waals surface area contributed by atoms with Crippen LogP contribution in [0.15, 0.2) is 109 Å². The molecule has 224 valence electrons. The van der Waals surface area contributed by atoms with E-state index in [9.17, 15) is 9.59 Å². The number of para-hydroxylation sites is 1. The van der Waals surface area contributed by atoms with Gasteiger partial charge in [-0.1, -0.05) is 49.0 Å². The van der Waals surface area contributed by atoms with E-state index in [0.29, 0.717) is 18.5 Å². The molecule has 44 heavy (non-hydrogen) atoms. The van der Waals surface area contributed by atoms with E-state index in [2.05, 4.69) is 45.6 Å². The highest BCUT2D eigenvalue weighted by molar-refractivity contribution is 6.02. The number of methoxy groups -OCH3 is 3. The predicted octanol–water partition coefficient (Wildman–Crippen LogP) is 6.14. The average molecular weight is 592 g/mol. The molecule has 0 aliphatic heterocycles. The molecule has 0 aliphatic rings. The van der Waals surface area contributed by atoms with Gasteiger partial charge in [-0.15, -0.1) is 0 Å². The molecule has 0 fully saturated rings. The molecule has 9 heteroatoms. The number of ether oxygens (including phenoxy) is 4. The maximum absolute atomic E-state index is 13.0. The third kappa shape index (κ3) is 6.73. The van der Waals surface area contributed by atoms with Crippen molar-refractivity contribution in [2.45, 2.75) is 13.1 Å². The van der Waals surface area contributed by atoms with E-state index in [-0.39, 0.29) is 17.9 Å². The van der Waals surface area contributed by atoms with Gasteiger partial charge >= 0.3 is 11.9 Å². The molecule has 0 unspecified atom stereocenters. The summed E-state index contributed by atoms with van der Waals surface area (Å²) in [4.78, 5) is 26.9. The van der Waals surface area contributed by atoms with Crippen molar-refractivity contribution in [3.8, 4) is 17.2 Å². The van der Waals surface area contributed by atoms with Gasteiger partial charge < -0.3 is 23.8 Å². The molecule has 0 amide bonds. The van der Waals surface area contributed by atoms with Crippen molar-refractivity contribution in [1.82, 2.24) is 9.78 Å². The van der Waals surface area contributed by atoms with Crippen molar-refractivity contribution in [2.75, 3.05) is 32.8 Å². The van der Waals surface area contributed by atoms with Crippen LogP contribution >= 0.6 is 0 Å². The summed E-state index contributed by atoms with van der Waals surface area (Å²) in [7, 11) is 4.56. The number of anilines is 1. The zero-order chi connectivity index (χ0) is 31.1. The summed E-state index contributed by atoms with van der Waals surface area (Å²) in [5, 5.41) is 5.23. The van der Waals surface area contributed by atoms with Gasteiger partial charge in [-0.05, 0) is 65.7 Å². The van der Waals surface area contributed by atoms with Crippen LogP contribution in [-0.4, -0.2) is 49.7 Å². The summed E-state index contributed by atoms with van der Waals surface area (Å²) < 4.78 is 22.3. The molecule has 0 saturated carbocycles. The van der Waals surface area contributed by atoms with E-state index in [0.717, 1.165) is 39.5 Å². The molecule has 0 aliphatic carbocycles. The number of hydrogen-bond donors (Lipinski definition) is 0. The number of fused-ring (bicyclic) bond motifs is 1. The standard InChI is InChI=1S/C35H33N3O6/c1-24(34(39)43-4)23-44-35(40)33-31-7-5-6-8-32(31)38(36-33)28-15-13-27(14-16-28)37(21-25-9-17-29(41-2)18-10-25)22-26-11-19-30(42-3)20-12-26/h5-20H,1,21-23H2,2-4H3. The largest absolute Gasteiger partial charge is 0.497 e. The molecule has 9 nitrogen and oxygen atoms in total. The monoisotopic (exact) mass is 591 g/mol. The minimum absolute atomic E-state index is 0.0361. The van der Waals surface area contributed by atoms with Crippen molar-refractivity contribution in [2.24, 2.45) is 0 Å². The minimum Gasteiger partial charge on any atom is -0.497 e. The second-order valence-corrected chi connectivity index (χ2v) is 10.0. The molecule has 5 aromatic rings. The smallest absolute Gasteiger partial charge is 0.359 e. The van der Waals surface area contributed by atoms with Crippen molar-refractivity contribution in [3.63, 3.8) is 0 Å². The molecule has 1 aromatic heterocycles. The Bertz CT molecular complexity index is 1710. The second kappa shape index (κ2) is 13.6. The molecule has 5 rings (SSSR count). The molecule has 0 atom stereocenters. The molecular weight excluding hydrogens is 558 g/mol. The highest BCUT2D eigenvalue weighted by Gasteiger charge is 2.21. The van der Waals surface area contributed by atoms with Gasteiger partial charge in [0, 0.05) is 24.2 Å². The summed E-state index contributed by atoms with van der Waals surface area (Å²) in [5.74, 6) is 0.318. The Hall–Kier alpha value is -5.57. The Balaban J connectivity index is 1.42. The van der Waals surface area contributed by atoms with Crippen LogP contribution in [0.2, 0.25) is 0 Å². The number of esters is 2. The Morgan fingerprint density at radius 3 is 1.89 bits per heavy atom. The van der Waals surface area contributed by atoms with E-state index >= 15 is 0 Å². The zero-order valence-corrected chi connectivity index (χ0v) is 24.9. The van der Waals surface area contributed by atoms with Gasteiger partial charge in [0.05, 0.1) is 38.1 Å². The summed E-state index contributed by atoms with van der Waals surface area (Å²) in [5.41, 5.74) is 4.98. The van der Waals surface area contributed by atoms with Crippen LogP contribution in [0.3, 0.4) is 0 Å². The van der Waals surface area contributed by atoms with Crippen LogP contribution in [0.4, 0.5) is 5.69 Å². The first-order chi connectivity index (χ1) is 21.4. The lowest BCUT2D eigenvalue weighted by molar-refractivity contribution is -0.136. The van der Waals surface area contributed by atoms with E-state index in [4.69, 9.17) is 14.2 Å². The van der Waals surface area contributed by atoms with Crippen LogP contribution in [0, 0.1) is 0 Å². The summed E-state index contributed by atoms with van der Waals surface area (Å²) in [6, 6.07) is 31.5. The summed E-state index contributed by atoms with van der Waals surface area (Å²) in [6.07, 6.45) is 0. The first-order valence-corrected chi connectivity index (χ1v) is 13.9. The predicted molar refractivity (Wildman–Crippen MR) is 168 cm³/mol. The van der Waals surface area contributed by atoms with Crippen LogP contribution in [0.25, 0.3) is 16.6 Å².